The summed E-state index contributed by atoms with van der Waals surface area (Å²) >= 11 is 0.962. The molecular formula is C18H15NO5S2. The molecule has 0 radical (unpaired) electrons. The van der Waals surface area contributed by atoms with E-state index in [9.17, 15) is 13.2 Å². The highest BCUT2D eigenvalue weighted by Crippen LogP contribution is 2.27. The number of hydrogen-bond acceptors (Lipinski definition) is 6. The van der Waals surface area contributed by atoms with E-state index in [1.807, 2.05) is 36.4 Å². The van der Waals surface area contributed by atoms with Gasteiger partial charge in [0, 0.05) is 5.56 Å². The average molecular weight is 389 g/mol. The second-order valence-electron chi connectivity index (χ2n) is 5.26. The molecule has 0 saturated carbocycles. The maximum absolute atomic E-state index is 12.2. The first-order valence-corrected chi connectivity index (χ1v) is 9.96. The van der Waals surface area contributed by atoms with Crippen molar-refractivity contribution in [1.29, 1.82) is 0 Å². The van der Waals surface area contributed by atoms with Crippen molar-refractivity contribution in [2.75, 3.05) is 0 Å². The van der Waals surface area contributed by atoms with Crippen LogP contribution in [-0.2, 0) is 21.4 Å². The fourth-order valence-corrected chi connectivity index (χ4v) is 4.08. The standard InChI is InChI=1S/C18H15NO5S2/c19-26(21,22)16-10-11-25-17(16)18(20)23-12-13-6-4-5-9-15(13)24-14-7-2-1-3-8-14/h1-11H,12H2,(H2,19,21,22). The van der Waals surface area contributed by atoms with Crippen molar-refractivity contribution < 1.29 is 22.7 Å². The van der Waals surface area contributed by atoms with Gasteiger partial charge < -0.3 is 9.47 Å². The van der Waals surface area contributed by atoms with Gasteiger partial charge in [-0.2, -0.15) is 0 Å². The van der Waals surface area contributed by atoms with E-state index < -0.39 is 16.0 Å². The highest BCUT2D eigenvalue weighted by molar-refractivity contribution is 7.89. The van der Waals surface area contributed by atoms with E-state index in [4.69, 9.17) is 14.6 Å². The summed E-state index contributed by atoms with van der Waals surface area (Å²) in [5.41, 5.74) is 0.651. The zero-order chi connectivity index (χ0) is 18.6. The Morgan fingerprint density at radius 3 is 2.42 bits per heavy atom. The van der Waals surface area contributed by atoms with Crippen molar-refractivity contribution in [3.8, 4) is 11.5 Å². The lowest BCUT2D eigenvalue weighted by atomic mass is 10.2. The van der Waals surface area contributed by atoms with Crippen LogP contribution in [0.3, 0.4) is 0 Å². The van der Waals surface area contributed by atoms with Gasteiger partial charge >= 0.3 is 5.97 Å². The minimum absolute atomic E-state index is 0.0473. The molecule has 1 aromatic heterocycles. The summed E-state index contributed by atoms with van der Waals surface area (Å²) in [5, 5.41) is 6.58. The number of carbonyl (C=O) groups excluding carboxylic acids is 1. The van der Waals surface area contributed by atoms with Crippen LogP contribution >= 0.6 is 11.3 Å². The molecule has 134 valence electrons. The number of benzene rings is 2. The van der Waals surface area contributed by atoms with Gasteiger partial charge in [-0.05, 0) is 29.6 Å². The summed E-state index contributed by atoms with van der Waals surface area (Å²) in [4.78, 5) is 12.0. The molecule has 2 aromatic carbocycles. The molecule has 0 aliphatic carbocycles. The van der Waals surface area contributed by atoms with E-state index in [0.717, 1.165) is 11.3 Å². The Morgan fingerprint density at radius 1 is 1.00 bits per heavy atom. The second-order valence-corrected chi connectivity index (χ2v) is 7.70. The molecule has 0 bridgehead atoms. The van der Waals surface area contributed by atoms with Gasteiger partial charge in [-0.15, -0.1) is 11.3 Å². The zero-order valence-electron chi connectivity index (χ0n) is 13.5. The molecule has 1 heterocycles. The Balaban J connectivity index is 1.75. The Labute approximate surface area is 154 Å². The Bertz CT molecular complexity index is 1010. The minimum Gasteiger partial charge on any atom is -0.457 e. The van der Waals surface area contributed by atoms with Crippen LogP contribution in [0.4, 0.5) is 0 Å². The van der Waals surface area contributed by atoms with Crippen LogP contribution in [0, 0.1) is 0 Å². The van der Waals surface area contributed by atoms with Gasteiger partial charge in [0.25, 0.3) is 0 Å². The quantitative estimate of drug-likeness (QED) is 0.651. The van der Waals surface area contributed by atoms with Gasteiger partial charge in [0.1, 0.15) is 27.9 Å². The fraction of sp³-hybridized carbons (Fsp3) is 0.0556. The number of carbonyl (C=O) groups is 1. The highest BCUT2D eigenvalue weighted by atomic mass is 32.2. The normalized spacial score (nSPS) is 11.1. The number of primary sulfonamides is 1. The zero-order valence-corrected chi connectivity index (χ0v) is 15.1. The topological polar surface area (TPSA) is 95.7 Å². The SMILES string of the molecule is NS(=O)(=O)c1ccsc1C(=O)OCc1ccccc1Oc1ccccc1. The molecule has 0 unspecified atom stereocenters. The predicted octanol–water partition coefficient (Wildman–Crippen LogP) is 3.54. The van der Waals surface area contributed by atoms with Gasteiger partial charge in [-0.3, -0.25) is 0 Å². The van der Waals surface area contributed by atoms with Crippen molar-refractivity contribution in [2.24, 2.45) is 5.14 Å². The van der Waals surface area contributed by atoms with Gasteiger partial charge in [0.15, 0.2) is 0 Å². The smallest absolute Gasteiger partial charge is 0.350 e. The van der Waals surface area contributed by atoms with Crippen molar-refractivity contribution in [2.45, 2.75) is 11.5 Å². The summed E-state index contributed by atoms with van der Waals surface area (Å²) < 4.78 is 34.1. The monoisotopic (exact) mass is 389 g/mol. The largest absolute Gasteiger partial charge is 0.457 e. The Kier molecular flexibility index (Phi) is 5.36. The third kappa shape index (κ3) is 4.29. The van der Waals surface area contributed by atoms with Crippen molar-refractivity contribution in [3.05, 3.63) is 76.5 Å². The third-order valence-electron chi connectivity index (χ3n) is 3.42. The molecule has 0 fully saturated rings. The number of nitrogens with two attached hydrogens (primary N) is 1. The lowest BCUT2D eigenvalue weighted by Gasteiger charge is -2.11. The molecule has 8 heteroatoms. The molecule has 3 rings (SSSR count). The van der Waals surface area contributed by atoms with E-state index in [1.165, 1.54) is 11.4 Å². The number of ether oxygens (including phenoxy) is 2. The molecule has 0 atom stereocenters. The van der Waals surface area contributed by atoms with Gasteiger partial charge in [-0.25, -0.2) is 18.4 Å². The first-order valence-electron chi connectivity index (χ1n) is 7.53. The highest BCUT2D eigenvalue weighted by Gasteiger charge is 2.22. The van der Waals surface area contributed by atoms with Gasteiger partial charge in [0.2, 0.25) is 10.0 Å². The predicted molar refractivity (Wildman–Crippen MR) is 97.8 cm³/mol. The maximum Gasteiger partial charge on any atom is 0.350 e. The van der Waals surface area contributed by atoms with Gasteiger partial charge in [-0.1, -0.05) is 36.4 Å². The molecule has 2 N–H and O–H groups in total. The molecule has 0 saturated heterocycles. The van der Waals surface area contributed by atoms with Crippen LogP contribution in [0.2, 0.25) is 0 Å². The van der Waals surface area contributed by atoms with E-state index in [0.29, 0.717) is 17.1 Å². The van der Waals surface area contributed by atoms with Crippen LogP contribution in [0.15, 0.2) is 70.9 Å². The van der Waals surface area contributed by atoms with E-state index in [2.05, 4.69) is 0 Å². The van der Waals surface area contributed by atoms with E-state index in [-0.39, 0.29) is 16.4 Å². The van der Waals surface area contributed by atoms with Crippen LogP contribution in [0.1, 0.15) is 15.2 Å². The molecule has 0 aliphatic rings. The van der Waals surface area contributed by atoms with E-state index in [1.54, 1.807) is 18.2 Å². The van der Waals surface area contributed by atoms with Gasteiger partial charge in [0.05, 0.1) is 0 Å². The lowest BCUT2D eigenvalue weighted by molar-refractivity contribution is 0.0472. The van der Waals surface area contributed by atoms with Crippen LogP contribution in [0.5, 0.6) is 11.5 Å². The van der Waals surface area contributed by atoms with Crippen LogP contribution < -0.4 is 9.88 Å². The molecule has 0 spiro atoms. The number of rotatable bonds is 6. The number of hydrogen-bond donors (Lipinski definition) is 1. The number of esters is 1. The second kappa shape index (κ2) is 7.69. The fourth-order valence-electron chi connectivity index (χ4n) is 2.22. The molecule has 0 aliphatic heterocycles. The summed E-state index contributed by atoms with van der Waals surface area (Å²) in [6.45, 7) is -0.0657. The van der Waals surface area contributed by atoms with Crippen LogP contribution in [-0.4, -0.2) is 14.4 Å². The summed E-state index contributed by atoms with van der Waals surface area (Å²) in [5.74, 6) is 0.448. The summed E-state index contributed by atoms with van der Waals surface area (Å²) in [6, 6.07) is 17.6. The molecule has 26 heavy (non-hydrogen) atoms. The van der Waals surface area contributed by atoms with Crippen molar-refractivity contribution >= 4 is 27.3 Å². The Morgan fingerprint density at radius 2 is 1.69 bits per heavy atom. The van der Waals surface area contributed by atoms with Crippen molar-refractivity contribution in [1.82, 2.24) is 0 Å². The molecule has 0 amide bonds. The first-order chi connectivity index (χ1) is 12.4. The van der Waals surface area contributed by atoms with E-state index >= 15 is 0 Å². The molecular weight excluding hydrogens is 374 g/mol. The third-order valence-corrected chi connectivity index (χ3v) is 5.40. The first kappa shape index (κ1) is 18.1. The number of sulfonamides is 1. The van der Waals surface area contributed by atoms with Crippen molar-refractivity contribution in [3.63, 3.8) is 0 Å². The Hall–Kier alpha value is -2.68. The minimum atomic E-state index is -3.98. The number of para-hydroxylation sites is 2. The summed E-state index contributed by atoms with van der Waals surface area (Å²) in [6.07, 6.45) is 0. The molecule has 6 nitrogen and oxygen atoms in total. The van der Waals surface area contributed by atoms with Crippen LogP contribution in [0.25, 0.3) is 0 Å². The molecule has 3 aromatic rings. The lowest BCUT2D eigenvalue weighted by Crippen LogP contribution is -2.15. The summed E-state index contributed by atoms with van der Waals surface area (Å²) in [7, 11) is -3.98. The maximum atomic E-state index is 12.2. The number of thiophene rings is 1. The average Bonchev–Trinajstić information content (AvgIpc) is 3.12.